The van der Waals surface area contributed by atoms with Crippen molar-refractivity contribution in [3.8, 4) is 0 Å². The number of fused-ring (bicyclic) bond motifs is 3. The van der Waals surface area contributed by atoms with E-state index in [1.54, 1.807) is 0 Å². The number of allylic oxidation sites excluding steroid dienone is 3. The standard InChI is InChI=1S/C23H36O2/c1-5-16(2)7-8-17-9-10-18-11-12-20-22(3,19(18)15-17)13-6-14-23(20,4)21(24)25/h5,7,17-20H,1,6,8-15H2,2-4H3,(H,24,25). The van der Waals surface area contributed by atoms with E-state index < -0.39 is 11.4 Å². The molecule has 0 saturated heterocycles. The summed E-state index contributed by atoms with van der Waals surface area (Å²) in [4.78, 5) is 12.1. The van der Waals surface area contributed by atoms with Crippen LogP contribution in [0.5, 0.6) is 0 Å². The maximum atomic E-state index is 12.1. The van der Waals surface area contributed by atoms with Crippen LogP contribution in [0.2, 0.25) is 0 Å². The molecule has 0 aromatic heterocycles. The van der Waals surface area contributed by atoms with Crippen molar-refractivity contribution < 1.29 is 9.90 Å². The molecule has 3 rings (SSSR count). The van der Waals surface area contributed by atoms with Gasteiger partial charge in [0.2, 0.25) is 0 Å². The van der Waals surface area contributed by atoms with Crippen molar-refractivity contribution in [3.05, 3.63) is 24.3 Å². The number of aliphatic carboxylic acids is 1. The van der Waals surface area contributed by atoms with E-state index in [4.69, 9.17) is 0 Å². The van der Waals surface area contributed by atoms with Gasteiger partial charge in [-0.3, -0.25) is 4.79 Å². The van der Waals surface area contributed by atoms with Crippen molar-refractivity contribution in [2.24, 2.45) is 34.5 Å². The fourth-order valence-corrected chi connectivity index (χ4v) is 6.77. The minimum absolute atomic E-state index is 0.226. The summed E-state index contributed by atoms with van der Waals surface area (Å²) in [5.74, 6) is 2.12. The highest BCUT2D eigenvalue weighted by molar-refractivity contribution is 5.75. The molecule has 0 heterocycles. The van der Waals surface area contributed by atoms with E-state index in [0.29, 0.717) is 5.92 Å². The Bertz CT molecular complexity index is 562. The van der Waals surface area contributed by atoms with E-state index in [-0.39, 0.29) is 5.41 Å². The Morgan fingerprint density at radius 3 is 2.60 bits per heavy atom. The molecule has 1 N–H and O–H groups in total. The lowest BCUT2D eigenvalue weighted by molar-refractivity contribution is -0.172. The second-order valence-electron chi connectivity index (χ2n) is 9.65. The van der Waals surface area contributed by atoms with Crippen molar-refractivity contribution in [1.82, 2.24) is 0 Å². The molecule has 25 heavy (non-hydrogen) atoms. The number of carboxylic acid groups (broad SMARTS) is 1. The maximum absolute atomic E-state index is 12.1. The molecule has 3 saturated carbocycles. The topological polar surface area (TPSA) is 37.3 Å². The summed E-state index contributed by atoms with van der Waals surface area (Å²) in [6, 6.07) is 0. The Labute approximate surface area is 153 Å². The molecule has 140 valence electrons. The average molecular weight is 345 g/mol. The highest BCUT2D eigenvalue weighted by Crippen LogP contribution is 2.64. The second kappa shape index (κ2) is 6.93. The van der Waals surface area contributed by atoms with Crippen molar-refractivity contribution >= 4 is 5.97 Å². The number of rotatable bonds is 4. The van der Waals surface area contributed by atoms with Gasteiger partial charge in [0, 0.05) is 0 Å². The zero-order valence-corrected chi connectivity index (χ0v) is 16.4. The molecule has 2 nitrogen and oxygen atoms in total. The van der Waals surface area contributed by atoms with Crippen LogP contribution >= 0.6 is 0 Å². The zero-order chi connectivity index (χ0) is 18.2. The molecule has 0 radical (unpaired) electrons. The van der Waals surface area contributed by atoms with Crippen molar-refractivity contribution in [1.29, 1.82) is 0 Å². The van der Waals surface area contributed by atoms with Gasteiger partial charge >= 0.3 is 5.97 Å². The molecule has 0 amide bonds. The van der Waals surface area contributed by atoms with Crippen LogP contribution in [0.15, 0.2) is 24.3 Å². The Morgan fingerprint density at radius 2 is 1.92 bits per heavy atom. The molecule has 6 unspecified atom stereocenters. The summed E-state index contributed by atoms with van der Waals surface area (Å²) in [6.07, 6.45) is 15.0. The lowest BCUT2D eigenvalue weighted by Crippen LogP contribution is -2.56. The fourth-order valence-electron chi connectivity index (χ4n) is 6.77. The van der Waals surface area contributed by atoms with E-state index >= 15 is 0 Å². The summed E-state index contributed by atoms with van der Waals surface area (Å²) in [5.41, 5.74) is 1.000. The van der Waals surface area contributed by atoms with Gasteiger partial charge in [-0.05, 0) is 94.3 Å². The van der Waals surface area contributed by atoms with Gasteiger partial charge in [0.1, 0.15) is 0 Å². The molecule has 3 fully saturated rings. The Kier molecular flexibility index (Phi) is 5.19. The molecule has 6 atom stereocenters. The van der Waals surface area contributed by atoms with Crippen molar-refractivity contribution in [3.63, 3.8) is 0 Å². The SMILES string of the molecule is C=CC(C)=CCC1CCC2CCC3C(C)(C(=O)O)CCCC3(C)C2C1. The number of carbonyl (C=O) groups is 1. The smallest absolute Gasteiger partial charge is 0.309 e. The molecular formula is C23H36O2. The molecule has 0 bridgehead atoms. The fraction of sp³-hybridized carbons (Fsp3) is 0.783. The molecule has 2 heteroatoms. The van der Waals surface area contributed by atoms with Crippen LogP contribution in [0.3, 0.4) is 0 Å². The van der Waals surface area contributed by atoms with E-state index in [1.165, 1.54) is 37.7 Å². The van der Waals surface area contributed by atoms with Gasteiger partial charge in [-0.2, -0.15) is 0 Å². The number of carboxylic acids is 1. The summed E-state index contributed by atoms with van der Waals surface area (Å²) in [7, 11) is 0. The first kappa shape index (κ1) is 18.7. The van der Waals surface area contributed by atoms with E-state index in [9.17, 15) is 9.90 Å². The molecule has 0 aliphatic heterocycles. The van der Waals surface area contributed by atoms with Crippen LogP contribution in [-0.4, -0.2) is 11.1 Å². The second-order valence-corrected chi connectivity index (χ2v) is 9.65. The van der Waals surface area contributed by atoms with Crippen LogP contribution < -0.4 is 0 Å². The first-order valence-corrected chi connectivity index (χ1v) is 10.3. The first-order chi connectivity index (χ1) is 11.8. The number of hydrogen-bond acceptors (Lipinski definition) is 1. The quantitative estimate of drug-likeness (QED) is 0.614. The molecule has 0 aromatic carbocycles. The zero-order valence-electron chi connectivity index (χ0n) is 16.4. The lowest BCUT2D eigenvalue weighted by atomic mass is 9.43. The Morgan fingerprint density at radius 1 is 1.20 bits per heavy atom. The van der Waals surface area contributed by atoms with Gasteiger partial charge in [0.25, 0.3) is 0 Å². The summed E-state index contributed by atoms with van der Waals surface area (Å²) in [5, 5.41) is 9.95. The highest BCUT2D eigenvalue weighted by Gasteiger charge is 2.59. The Balaban J connectivity index is 1.81. The average Bonchev–Trinajstić information content (AvgIpc) is 2.59. The van der Waals surface area contributed by atoms with Gasteiger partial charge < -0.3 is 5.11 Å². The van der Waals surface area contributed by atoms with Gasteiger partial charge in [-0.25, -0.2) is 0 Å². The first-order valence-electron chi connectivity index (χ1n) is 10.3. The normalized spacial score (nSPS) is 44.5. The third-order valence-corrected chi connectivity index (χ3v) is 8.34. The molecule has 3 aliphatic carbocycles. The van der Waals surface area contributed by atoms with Crippen LogP contribution in [-0.2, 0) is 4.79 Å². The minimum atomic E-state index is -0.557. The maximum Gasteiger partial charge on any atom is 0.309 e. The van der Waals surface area contributed by atoms with E-state index in [0.717, 1.165) is 43.4 Å². The third kappa shape index (κ3) is 3.22. The number of hydrogen-bond donors (Lipinski definition) is 1. The van der Waals surface area contributed by atoms with E-state index in [1.807, 2.05) is 13.0 Å². The molecule has 0 spiro atoms. The lowest BCUT2D eigenvalue weighted by Gasteiger charge is -2.60. The van der Waals surface area contributed by atoms with Gasteiger partial charge in [-0.15, -0.1) is 0 Å². The molecule has 3 aliphatic rings. The molecular weight excluding hydrogens is 308 g/mol. The summed E-state index contributed by atoms with van der Waals surface area (Å²) < 4.78 is 0. The predicted octanol–water partition coefficient (Wildman–Crippen LogP) is 6.23. The predicted molar refractivity (Wildman–Crippen MR) is 103 cm³/mol. The van der Waals surface area contributed by atoms with Crippen LogP contribution in [0, 0.1) is 34.5 Å². The summed E-state index contributed by atoms with van der Waals surface area (Å²) in [6.45, 7) is 10.5. The van der Waals surface area contributed by atoms with Crippen molar-refractivity contribution in [2.45, 2.75) is 78.6 Å². The Hall–Kier alpha value is -1.05. The van der Waals surface area contributed by atoms with E-state index in [2.05, 4.69) is 26.5 Å². The van der Waals surface area contributed by atoms with Crippen LogP contribution in [0.4, 0.5) is 0 Å². The van der Waals surface area contributed by atoms with Gasteiger partial charge in [0.05, 0.1) is 5.41 Å². The minimum Gasteiger partial charge on any atom is -0.481 e. The third-order valence-electron chi connectivity index (χ3n) is 8.34. The molecule has 0 aromatic rings. The van der Waals surface area contributed by atoms with Gasteiger partial charge in [-0.1, -0.05) is 37.6 Å². The van der Waals surface area contributed by atoms with Gasteiger partial charge in [0.15, 0.2) is 0 Å². The van der Waals surface area contributed by atoms with Crippen LogP contribution in [0.25, 0.3) is 0 Å². The monoisotopic (exact) mass is 344 g/mol. The summed E-state index contributed by atoms with van der Waals surface area (Å²) >= 11 is 0. The largest absolute Gasteiger partial charge is 0.481 e. The van der Waals surface area contributed by atoms with Crippen LogP contribution in [0.1, 0.15) is 78.6 Å². The van der Waals surface area contributed by atoms with Crippen molar-refractivity contribution in [2.75, 3.05) is 0 Å². The highest BCUT2D eigenvalue weighted by atomic mass is 16.4.